The first kappa shape index (κ1) is 20.5. The summed E-state index contributed by atoms with van der Waals surface area (Å²) in [7, 11) is 2.65. The van der Waals surface area contributed by atoms with Crippen LogP contribution in [0, 0.1) is 0 Å². The highest BCUT2D eigenvalue weighted by Gasteiger charge is 2.22. The Balaban J connectivity index is 2.41. The number of aryl methyl sites for hydroxylation is 1. The lowest BCUT2D eigenvalue weighted by Crippen LogP contribution is -2.26. The van der Waals surface area contributed by atoms with E-state index >= 15 is 0 Å². The summed E-state index contributed by atoms with van der Waals surface area (Å²) in [4.78, 5) is 36.1. The molecule has 0 aliphatic heterocycles. The van der Waals surface area contributed by atoms with Gasteiger partial charge in [-0.05, 0) is 51.3 Å². The van der Waals surface area contributed by atoms with E-state index in [4.69, 9.17) is 9.47 Å². The first-order chi connectivity index (χ1) is 12.7. The molecule has 0 aliphatic carbocycles. The third kappa shape index (κ3) is 4.87. The monoisotopic (exact) mass is 375 g/mol. The largest absolute Gasteiger partial charge is 0.469 e. The zero-order valence-electron chi connectivity index (χ0n) is 16.3. The summed E-state index contributed by atoms with van der Waals surface area (Å²) < 4.78 is 16.3. The number of carbonyl (C=O) groups is 3. The van der Waals surface area contributed by atoms with Crippen molar-refractivity contribution < 1.29 is 28.6 Å². The number of hydrogen-bond donors (Lipinski definition) is 0. The van der Waals surface area contributed by atoms with Crippen molar-refractivity contribution >= 4 is 28.9 Å². The summed E-state index contributed by atoms with van der Waals surface area (Å²) >= 11 is 0. The number of nitrogens with zero attached hydrogens (tertiary/aromatic N) is 1. The van der Waals surface area contributed by atoms with Crippen molar-refractivity contribution in [1.82, 2.24) is 4.57 Å². The highest BCUT2D eigenvalue weighted by atomic mass is 16.6. The second-order valence-corrected chi connectivity index (χ2v) is 7.12. The molecular weight excluding hydrogens is 350 g/mol. The molecule has 0 unspecified atom stereocenters. The molecule has 2 aromatic rings. The molecule has 0 atom stereocenters. The standard InChI is InChI=1S/C20H25NO6/c1-20(2,3)27-19(24)21-12-11-14-15(21)10-9-13(17(14)18(23)26-5)7-6-8-16(22)25-4/h9-12H,6-8H2,1-5H3. The van der Waals surface area contributed by atoms with Crippen LogP contribution in [0.1, 0.15) is 49.5 Å². The Morgan fingerprint density at radius 2 is 1.74 bits per heavy atom. The van der Waals surface area contributed by atoms with Crippen LogP contribution in [0.4, 0.5) is 4.79 Å². The number of aromatic nitrogens is 1. The normalized spacial score (nSPS) is 11.3. The van der Waals surface area contributed by atoms with Gasteiger partial charge in [-0.25, -0.2) is 9.59 Å². The molecule has 0 fully saturated rings. The SMILES string of the molecule is COC(=O)CCCc1ccc2c(ccn2C(=O)OC(C)(C)C)c1C(=O)OC. The fourth-order valence-corrected chi connectivity index (χ4v) is 2.81. The van der Waals surface area contributed by atoms with Crippen molar-refractivity contribution in [3.63, 3.8) is 0 Å². The predicted molar refractivity (Wildman–Crippen MR) is 99.9 cm³/mol. The van der Waals surface area contributed by atoms with E-state index in [-0.39, 0.29) is 12.4 Å². The Kier molecular flexibility index (Phi) is 6.25. The van der Waals surface area contributed by atoms with Crippen molar-refractivity contribution in [2.45, 2.75) is 45.6 Å². The summed E-state index contributed by atoms with van der Waals surface area (Å²) in [6, 6.07) is 5.22. The van der Waals surface area contributed by atoms with Gasteiger partial charge in [-0.15, -0.1) is 0 Å². The Morgan fingerprint density at radius 3 is 2.33 bits per heavy atom. The smallest absolute Gasteiger partial charge is 0.418 e. The molecule has 146 valence electrons. The summed E-state index contributed by atoms with van der Waals surface area (Å²) in [5.74, 6) is -0.789. The number of hydrogen-bond acceptors (Lipinski definition) is 6. The molecule has 7 heteroatoms. The van der Waals surface area contributed by atoms with Gasteiger partial charge in [-0.1, -0.05) is 6.07 Å². The molecule has 0 aliphatic rings. The summed E-state index contributed by atoms with van der Waals surface area (Å²) in [6.45, 7) is 5.36. The maximum Gasteiger partial charge on any atom is 0.418 e. The van der Waals surface area contributed by atoms with Gasteiger partial charge >= 0.3 is 18.0 Å². The van der Waals surface area contributed by atoms with Crippen LogP contribution in [0.25, 0.3) is 10.9 Å². The lowest BCUT2D eigenvalue weighted by atomic mass is 9.98. The Bertz CT molecular complexity index is 859. The van der Waals surface area contributed by atoms with Crippen LogP contribution in [0.3, 0.4) is 0 Å². The Labute approximate surface area is 158 Å². The molecule has 0 spiro atoms. The molecule has 1 heterocycles. The first-order valence-electron chi connectivity index (χ1n) is 8.69. The molecule has 27 heavy (non-hydrogen) atoms. The van der Waals surface area contributed by atoms with Gasteiger partial charge in [-0.3, -0.25) is 9.36 Å². The molecule has 2 rings (SSSR count). The van der Waals surface area contributed by atoms with Crippen LogP contribution < -0.4 is 0 Å². The molecule has 1 aromatic carbocycles. The van der Waals surface area contributed by atoms with Gasteiger partial charge < -0.3 is 14.2 Å². The van der Waals surface area contributed by atoms with Crippen LogP contribution in [0.5, 0.6) is 0 Å². The van der Waals surface area contributed by atoms with E-state index in [0.717, 1.165) is 5.56 Å². The van der Waals surface area contributed by atoms with Crippen LogP contribution in [0.2, 0.25) is 0 Å². The van der Waals surface area contributed by atoms with Gasteiger partial charge in [0.2, 0.25) is 0 Å². The second-order valence-electron chi connectivity index (χ2n) is 7.12. The van der Waals surface area contributed by atoms with Crippen molar-refractivity contribution in [3.05, 3.63) is 35.5 Å². The number of benzene rings is 1. The molecule has 0 radical (unpaired) electrons. The van der Waals surface area contributed by atoms with Gasteiger partial charge in [0.05, 0.1) is 25.3 Å². The zero-order valence-corrected chi connectivity index (χ0v) is 16.3. The van der Waals surface area contributed by atoms with E-state index in [1.165, 1.54) is 18.8 Å². The molecule has 0 saturated heterocycles. The van der Waals surface area contributed by atoms with E-state index in [1.54, 1.807) is 45.2 Å². The minimum absolute atomic E-state index is 0.258. The topological polar surface area (TPSA) is 83.8 Å². The number of methoxy groups -OCH3 is 2. The minimum atomic E-state index is -0.632. The van der Waals surface area contributed by atoms with E-state index < -0.39 is 17.7 Å². The number of fused-ring (bicyclic) bond motifs is 1. The maximum atomic E-state index is 12.4. The predicted octanol–water partition coefficient (Wildman–Crippen LogP) is 3.71. The van der Waals surface area contributed by atoms with Gasteiger partial charge in [0.25, 0.3) is 0 Å². The third-order valence-corrected chi connectivity index (χ3v) is 3.99. The number of rotatable bonds is 5. The number of carbonyl (C=O) groups excluding carboxylic acids is 3. The third-order valence-electron chi connectivity index (χ3n) is 3.99. The Hall–Kier alpha value is -2.83. The quantitative estimate of drug-likeness (QED) is 0.585. The van der Waals surface area contributed by atoms with Crippen LogP contribution in [0.15, 0.2) is 24.4 Å². The van der Waals surface area contributed by atoms with Gasteiger partial charge in [0, 0.05) is 18.0 Å². The van der Waals surface area contributed by atoms with Gasteiger partial charge in [0.1, 0.15) is 5.60 Å². The zero-order chi connectivity index (χ0) is 20.2. The average molecular weight is 375 g/mol. The highest BCUT2D eigenvalue weighted by molar-refractivity contribution is 6.06. The Morgan fingerprint density at radius 1 is 1.04 bits per heavy atom. The van der Waals surface area contributed by atoms with E-state index in [1.807, 2.05) is 0 Å². The van der Waals surface area contributed by atoms with Crippen molar-refractivity contribution in [2.75, 3.05) is 14.2 Å². The number of esters is 2. The fourth-order valence-electron chi connectivity index (χ4n) is 2.81. The average Bonchev–Trinajstić information content (AvgIpc) is 3.03. The van der Waals surface area contributed by atoms with Gasteiger partial charge in [0.15, 0.2) is 0 Å². The summed E-state index contributed by atoms with van der Waals surface area (Å²) in [5.41, 5.74) is 1.07. The first-order valence-corrected chi connectivity index (χ1v) is 8.69. The van der Waals surface area contributed by atoms with E-state index in [2.05, 4.69) is 4.74 Å². The lowest BCUT2D eigenvalue weighted by molar-refractivity contribution is -0.140. The maximum absolute atomic E-state index is 12.4. The van der Waals surface area contributed by atoms with Crippen LogP contribution >= 0.6 is 0 Å². The van der Waals surface area contributed by atoms with E-state index in [0.29, 0.717) is 29.3 Å². The molecule has 1 aromatic heterocycles. The molecule has 7 nitrogen and oxygen atoms in total. The molecular formula is C20H25NO6. The molecule has 0 amide bonds. The second kappa shape index (κ2) is 8.24. The van der Waals surface area contributed by atoms with Crippen molar-refractivity contribution in [1.29, 1.82) is 0 Å². The van der Waals surface area contributed by atoms with Crippen LogP contribution in [-0.2, 0) is 25.4 Å². The van der Waals surface area contributed by atoms with Crippen LogP contribution in [-0.4, -0.2) is 42.4 Å². The molecule has 0 saturated carbocycles. The minimum Gasteiger partial charge on any atom is -0.469 e. The fraction of sp³-hybridized carbons (Fsp3) is 0.450. The lowest BCUT2D eigenvalue weighted by Gasteiger charge is -2.20. The summed E-state index contributed by atoms with van der Waals surface area (Å²) in [5, 5.41) is 0.600. The number of ether oxygens (including phenoxy) is 3. The van der Waals surface area contributed by atoms with Gasteiger partial charge in [-0.2, -0.15) is 0 Å². The van der Waals surface area contributed by atoms with Crippen molar-refractivity contribution in [2.24, 2.45) is 0 Å². The molecule has 0 N–H and O–H groups in total. The van der Waals surface area contributed by atoms with E-state index in [9.17, 15) is 14.4 Å². The van der Waals surface area contributed by atoms with Crippen molar-refractivity contribution in [3.8, 4) is 0 Å². The molecule has 0 bridgehead atoms. The highest BCUT2D eigenvalue weighted by Crippen LogP contribution is 2.27. The summed E-state index contributed by atoms with van der Waals surface area (Å²) in [6.07, 6.45) is 2.35.